The minimum atomic E-state index is -3.89. The lowest BCUT2D eigenvalue weighted by atomic mass is 9.97. The van der Waals surface area contributed by atoms with Gasteiger partial charge in [-0.05, 0) is 42.3 Å². The van der Waals surface area contributed by atoms with Gasteiger partial charge in [-0.15, -0.1) is 0 Å². The van der Waals surface area contributed by atoms with E-state index in [4.69, 9.17) is 33.2 Å². The molecule has 1 saturated heterocycles. The number of nitrogens with zero attached hydrogens (tertiary/aromatic N) is 1. The van der Waals surface area contributed by atoms with Crippen molar-refractivity contribution in [2.75, 3.05) is 23.9 Å². The Balaban J connectivity index is 1.56. The van der Waals surface area contributed by atoms with Crippen molar-refractivity contribution >= 4 is 57.1 Å². The summed E-state index contributed by atoms with van der Waals surface area (Å²) < 4.78 is 65.7. The maximum absolute atomic E-state index is 13.9. The lowest BCUT2D eigenvalue weighted by Crippen LogP contribution is -2.64. The number of ether oxygens (including phenoxy) is 7. The van der Waals surface area contributed by atoms with Crippen LogP contribution in [0.3, 0.4) is 0 Å². The molecule has 1 unspecified atom stereocenters. The van der Waals surface area contributed by atoms with E-state index in [1.165, 1.54) is 43.3 Å². The van der Waals surface area contributed by atoms with Gasteiger partial charge in [-0.25, -0.2) is 13.2 Å². The van der Waals surface area contributed by atoms with Crippen LogP contribution in [0.4, 0.5) is 5.69 Å². The van der Waals surface area contributed by atoms with Gasteiger partial charge in [-0.1, -0.05) is 42.5 Å². The minimum absolute atomic E-state index is 0.00157. The Bertz CT molecular complexity index is 2240. The molecule has 3 aromatic carbocycles. The van der Waals surface area contributed by atoms with E-state index in [-0.39, 0.29) is 47.1 Å². The third-order valence-electron chi connectivity index (χ3n) is 8.78. The van der Waals surface area contributed by atoms with Crippen molar-refractivity contribution in [1.82, 2.24) is 4.90 Å². The van der Waals surface area contributed by atoms with Gasteiger partial charge in [0.25, 0.3) is 11.8 Å². The molecule has 0 radical (unpaired) electrons. The van der Waals surface area contributed by atoms with Crippen LogP contribution in [0.5, 0.6) is 11.5 Å². The number of rotatable bonds is 15. The molecule has 1 N–H and O–H groups in total. The van der Waals surface area contributed by atoms with E-state index in [0.717, 1.165) is 31.9 Å². The zero-order chi connectivity index (χ0) is 43.2. The summed E-state index contributed by atoms with van der Waals surface area (Å²) in [6.07, 6.45) is -7.72. The van der Waals surface area contributed by atoms with Gasteiger partial charge in [-0.3, -0.25) is 33.7 Å². The third-order valence-corrected chi connectivity index (χ3v) is 9.70. The molecule has 0 saturated carbocycles. The van der Waals surface area contributed by atoms with E-state index in [2.05, 4.69) is 5.32 Å². The summed E-state index contributed by atoms with van der Waals surface area (Å²) in [5.41, 5.74) is 0.605. The van der Waals surface area contributed by atoms with Crippen LogP contribution >= 0.6 is 0 Å². The molecule has 2 heterocycles. The summed E-state index contributed by atoms with van der Waals surface area (Å²) in [6.45, 7) is 5.75. The number of amides is 3. The Morgan fingerprint density at radius 3 is 2.05 bits per heavy atom. The maximum Gasteiger partial charge on any atom is 0.339 e. The predicted molar refractivity (Wildman–Crippen MR) is 203 cm³/mol. The fraction of sp³-hybridized carbons (Fsp3) is 0.375. The molecule has 0 aromatic heterocycles. The van der Waals surface area contributed by atoms with Crippen LogP contribution in [0.2, 0.25) is 0 Å². The van der Waals surface area contributed by atoms with Crippen LogP contribution in [-0.4, -0.2) is 104 Å². The Morgan fingerprint density at radius 2 is 1.44 bits per heavy atom. The highest BCUT2D eigenvalue weighted by atomic mass is 32.2. The summed E-state index contributed by atoms with van der Waals surface area (Å²) in [5, 5.41) is 2.52. The molecule has 0 spiro atoms. The highest BCUT2D eigenvalue weighted by molar-refractivity contribution is 7.90. The first-order chi connectivity index (χ1) is 27.9. The molecule has 6 atom stereocenters. The van der Waals surface area contributed by atoms with Gasteiger partial charge in [-0.2, -0.15) is 0 Å². The average Bonchev–Trinajstić information content (AvgIpc) is 3.41. The number of nitrogens with one attached hydrogen (secondary N) is 1. The lowest BCUT2D eigenvalue weighted by molar-refractivity contribution is -0.283. The van der Waals surface area contributed by atoms with Crippen LogP contribution in [0, 0.1) is 0 Å². The largest absolute Gasteiger partial charge is 0.490 e. The van der Waals surface area contributed by atoms with E-state index >= 15 is 0 Å². The quantitative estimate of drug-likeness (QED) is 0.132. The van der Waals surface area contributed by atoms with Crippen molar-refractivity contribution < 1.29 is 75.1 Å². The minimum Gasteiger partial charge on any atom is -0.490 e. The second-order valence-electron chi connectivity index (χ2n) is 13.5. The van der Waals surface area contributed by atoms with Crippen molar-refractivity contribution in [1.29, 1.82) is 0 Å². The lowest BCUT2D eigenvalue weighted by Gasteiger charge is -2.43. The monoisotopic (exact) mass is 838 g/mol. The van der Waals surface area contributed by atoms with E-state index in [9.17, 15) is 42.0 Å². The van der Waals surface area contributed by atoms with E-state index in [1.807, 2.05) is 0 Å². The molecule has 314 valence electrons. The van der Waals surface area contributed by atoms with Gasteiger partial charge in [0, 0.05) is 34.0 Å². The topological polar surface area (TPSA) is 234 Å². The summed E-state index contributed by atoms with van der Waals surface area (Å²) in [4.78, 5) is 91.3. The van der Waals surface area contributed by atoms with Gasteiger partial charge in [0.15, 0.2) is 29.8 Å². The van der Waals surface area contributed by atoms with E-state index < -0.39 is 93.9 Å². The number of fused-ring (bicyclic) bond motifs is 1. The second kappa shape index (κ2) is 18.5. The fourth-order valence-electron chi connectivity index (χ4n) is 6.58. The Kier molecular flexibility index (Phi) is 13.7. The number of imide groups is 1. The van der Waals surface area contributed by atoms with Gasteiger partial charge in [0.05, 0.1) is 35.2 Å². The van der Waals surface area contributed by atoms with Crippen LogP contribution in [0.1, 0.15) is 72.5 Å². The Labute approximate surface area is 338 Å². The highest BCUT2D eigenvalue weighted by Crippen LogP contribution is 2.40. The molecule has 2 aliphatic rings. The highest BCUT2D eigenvalue weighted by Gasteiger charge is 2.56. The fourth-order valence-corrected chi connectivity index (χ4v) is 7.49. The molecule has 0 aliphatic carbocycles. The summed E-state index contributed by atoms with van der Waals surface area (Å²) in [5.74, 6) is -6.88. The molecule has 19 heteroatoms. The summed E-state index contributed by atoms with van der Waals surface area (Å²) >= 11 is 0. The molecule has 59 heavy (non-hydrogen) atoms. The van der Waals surface area contributed by atoms with Crippen LogP contribution in [0.25, 0.3) is 0 Å². The standard InChI is InChI=1S/C40H42N2O16S/c1-7-52-31-18-26(29(20-59(6,50)51)42-37(47)27-14-11-15-28(41-21(2)43)32(27)38(42)48)16-17-30(31)57-40-36(56-24(5)46)34(55-23(4)45)33(54-22(3)44)35(58-40)39(49)53-19-25-12-9-8-10-13-25/h8-18,29,33-36,40H,7,19-20H2,1-6H3,(H,41,43)/t29?,33-,34-,35-,36+,40+/m0/s1. The molecular formula is C40H42N2O16S. The number of benzene rings is 3. The van der Waals surface area contributed by atoms with Crippen LogP contribution < -0.4 is 14.8 Å². The van der Waals surface area contributed by atoms with Gasteiger partial charge in [0.2, 0.25) is 18.3 Å². The predicted octanol–water partition coefficient (Wildman–Crippen LogP) is 3.07. The molecule has 3 aromatic rings. The van der Waals surface area contributed by atoms with Crippen molar-refractivity contribution in [3.05, 3.63) is 89.0 Å². The summed E-state index contributed by atoms with van der Waals surface area (Å²) in [7, 11) is -3.89. The number of sulfone groups is 1. The average molecular weight is 839 g/mol. The molecule has 18 nitrogen and oxygen atoms in total. The first kappa shape index (κ1) is 43.8. The van der Waals surface area contributed by atoms with Gasteiger partial charge in [0.1, 0.15) is 16.4 Å². The number of hydrogen-bond acceptors (Lipinski definition) is 16. The van der Waals surface area contributed by atoms with Crippen molar-refractivity contribution in [3.63, 3.8) is 0 Å². The number of anilines is 1. The SMILES string of the molecule is CCOc1cc(C(CS(C)(=O)=O)N2C(=O)c3cccc(NC(C)=O)c3C2=O)ccc1O[C@@H]1O[C@H](C(=O)OCc2ccccc2)[C@@H](OC(C)=O)[C@H](OC(C)=O)[C@H]1OC(C)=O. The van der Waals surface area contributed by atoms with Crippen LogP contribution in [0.15, 0.2) is 66.7 Å². The smallest absolute Gasteiger partial charge is 0.339 e. The number of hydrogen-bond donors (Lipinski definition) is 1. The first-order valence-corrected chi connectivity index (χ1v) is 20.2. The molecule has 1 fully saturated rings. The number of carbonyl (C=O) groups excluding carboxylic acids is 7. The zero-order valence-corrected chi connectivity index (χ0v) is 33.6. The molecule has 0 bridgehead atoms. The van der Waals surface area contributed by atoms with Gasteiger partial charge < -0.3 is 38.5 Å². The summed E-state index contributed by atoms with van der Waals surface area (Å²) in [6, 6.07) is 15.4. The van der Waals surface area contributed by atoms with Crippen molar-refractivity contribution in [2.45, 2.75) is 78.0 Å². The van der Waals surface area contributed by atoms with Gasteiger partial charge >= 0.3 is 23.9 Å². The zero-order valence-electron chi connectivity index (χ0n) is 32.8. The van der Waals surface area contributed by atoms with Crippen molar-refractivity contribution in [3.8, 4) is 11.5 Å². The molecule has 3 amide bonds. The molecular weight excluding hydrogens is 797 g/mol. The van der Waals surface area contributed by atoms with E-state index in [1.54, 1.807) is 37.3 Å². The van der Waals surface area contributed by atoms with Crippen molar-refractivity contribution in [2.24, 2.45) is 0 Å². The number of esters is 4. The number of carbonyl (C=O) groups is 7. The van der Waals surface area contributed by atoms with E-state index in [0.29, 0.717) is 5.56 Å². The molecule has 2 aliphatic heterocycles. The molecule has 5 rings (SSSR count). The third kappa shape index (κ3) is 10.6. The normalized spacial score (nSPS) is 20.4. The first-order valence-electron chi connectivity index (χ1n) is 18.2. The maximum atomic E-state index is 13.9. The van der Waals surface area contributed by atoms with Crippen LogP contribution in [-0.2, 0) is 64.1 Å². The Morgan fingerprint density at radius 1 is 0.797 bits per heavy atom. The second-order valence-corrected chi connectivity index (χ2v) is 15.7. The Hall–Kier alpha value is -6.34.